The number of carbonyl (C=O) groups is 1. The second kappa shape index (κ2) is 4.68. The molecule has 0 bridgehead atoms. The van der Waals surface area contributed by atoms with Crippen molar-refractivity contribution in [3.63, 3.8) is 0 Å². The van der Waals surface area contributed by atoms with Crippen LogP contribution in [0.5, 0.6) is 0 Å². The molecule has 7 heteroatoms. The molecule has 1 amide bonds. The Kier molecular flexibility index (Phi) is 3.20. The van der Waals surface area contributed by atoms with Crippen LogP contribution in [0.3, 0.4) is 0 Å². The second-order valence-corrected chi connectivity index (χ2v) is 3.72. The van der Waals surface area contributed by atoms with Gasteiger partial charge in [-0.15, -0.1) is 0 Å². The van der Waals surface area contributed by atoms with E-state index >= 15 is 0 Å². The molecule has 0 spiro atoms. The molecular formula is C12H8F3N3O. The van der Waals surface area contributed by atoms with Crippen LogP contribution in [-0.4, -0.2) is 15.9 Å². The molecular weight excluding hydrogens is 259 g/mol. The normalized spacial score (nSPS) is 11.3. The summed E-state index contributed by atoms with van der Waals surface area (Å²) in [6.45, 7) is 0. The summed E-state index contributed by atoms with van der Waals surface area (Å²) < 4.78 is 39.3. The molecule has 4 nitrogen and oxygen atoms in total. The zero-order chi connectivity index (χ0) is 14.0. The maximum atomic E-state index is 13.1. The first-order chi connectivity index (χ1) is 8.91. The SMILES string of the molecule is NC(=O)c1cccc(-c2cncnc2)c1C(F)(F)F. The Morgan fingerprint density at radius 1 is 1.16 bits per heavy atom. The van der Waals surface area contributed by atoms with Crippen LogP contribution in [0.15, 0.2) is 36.9 Å². The highest BCUT2D eigenvalue weighted by molar-refractivity contribution is 5.96. The number of nitrogens with zero attached hydrogens (tertiary/aromatic N) is 2. The Morgan fingerprint density at radius 3 is 2.32 bits per heavy atom. The van der Waals surface area contributed by atoms with E-state index in [0.717, 1.165) is 6.07 Å². The molecule has 0 atom stereocenters. The van der Waals surface area contributed by atoms with Crippen molar-refractivity contribution in [3.8, 4) is 11.1 Å². The second-order valence-electron chi connectivity index (χ2n) is 3.72. The minimum absolute atomic E-state index is 0.165. The lowest BCUT2D eigenvalue weighted by molar-refractivity contribution is -0.137. The fraction of sp³-hybridized carbons (Fsp3) is 0.0833. The van der Waals surface area contributed by atoms with E-state index in [1.54, 1.807) is 0 Å². The van der Waals surface area contributed by atoms with Crippen molar-refractivity contribution in [2.24, 2.45) is 5.73 Å². The molecule has 1 aromatic heterocycles. The topological polar surface area (TPSA) is 68.9 Å². The van der Waals surface area contributed by atoms with Gasteiger partial charge in [0.2, 0.25) is 5.91 Å². The summed E-state index contributed by atoms with van der Waals surface area (Å²) in [5, 5.41) is 0. The third-order valence-electron chi connectivity index (χ3n) is 2.48. The average Bonchev–Trinajstić information content (AvgIpc) is 2.38. The Morgan fingerprint density at radius 2 is 1.79 bits per heavy atom. The highest BCUT2D eigenvalue weighted by Crippen LogP contribution is 2.38. The maximum absolute atomic E-state index is 13.1. The van der Waals surface area contributed by atoms with Gasteiger partial charge in [0.25, 0.3) is 0 Å². The predicted molar refractivity (Wildman–Crippen MR) is 61.0 cm³/mol. The number of hydrogen-bond donors (Lipinski definition) is 1. The van der Waals surface area contributed by atoms with Gasteiger partial charge in [0, 0.05) is 18.0 Å². The number of carbonyl (C=O) groups excluding carboxylic acids is 1. The number of amides is 1. The summed E-state index contributed by atoms with van der Waals surface area (Å²) in [5.41, 5.74) is 3.33. The average molecular weight is 267 g/mol. The van der Waals surface area contributed by atoms with E-state index in [1.807, 2.05) is 0 Å². The van der Waals surface area contributed by atoms with E-state index in [4.69, 9.17) is 5.73 Å². The summed E-state index contributed by atoms with van der Waals surface area (Å²) in [7, 11) is 0. The van der Waals surface area contributed by atoms with Gasteiger partial charge >= 0.3 is 6.18 Å². The molecule has 2 aromatic rings. The smallest absolute Gasteiger partial charge is 0.366 e. The minimum atomic E-state index is -4.70. The minimum Gasteiger partial charge on any atom is -0.366 e. The quantitative estimate of drug-likeness (QED) is 0.907. The molecule has 0 unspecified atom stereocenters. The maximum Gasteiger partial charge on any atom is 0.417 e. The molecule has 0 saturated carbocycles. The van der Waals surface area contributed by atoms with E-state index in [-0.39, 0.29) is 11.1 Å². The van der Waals surface area contributed by atoms with Gasteiger partial charge < -0.3 is 5.73 Å². The van der Waals surface area contributed by atoms with Crippen molar-refractivity contribution in [1.82, 2.24) is 9.97 Å². The lowest BCUT2D eigenvalue weighted by Gasteiger charge is -2.15. The molecule has 0 fully saturated rings. The number of benzene rings is 1. The number of rotatable bonds is 2. The first-order valence-electron chi connectivity index (χ1n) is 5.16. The number of hydrogen-bond acceptors (Lipinski definition) is 3. The molecule has 0 aliphatic heterocycles. The van der Waals surface area contributed by atoms with Crippen LogP contribution in [-0.2, 0) is 6.18 Å². The van der Waals surface area contributed by atoms with E-state index in [9.17, 15) is 18.0 Å². The number of halogens is 3. The van der Waals surface area contributed by atoms with Crippen molar-refractivity contribution >= 4 is 5.91 Å². The first-order valence-corrected chi connectivity index (χ1v) is 5.16. The number of primary amides is 1. The van der Waals surface area contributed by atoms with Crippen LogP contribution in [0.4, 0.5) is 13.2 Å². The molecule has 2 N–H and O–H groups in total. The van der Waals surface area contributed by atoms with Gasteiger partial charge in [-0.25, -0.2) is 9.97 Å². The lowest BCUT2D eigenvalue weighted by Crippen LogP contribution is -2.19. The van der Waals surface area contributed by atoms with Crippen molar-refractivity contribution in [2.75, 3.05) is 0 Å². The Labute approximate surface area is 106 Å². The van der Waals surface area contributed by atoms with Gasteiger partial charge in [-0.1, -0.05) is 12.1 Å². The molecule has 2 rings (SSSR count). The van der Waals surface area contributed by atoms with E-state index < -0.39 is 23.2 Å². The van der Waals surface area contributed by atoms with Gasteiger partial charge in [0.05, 0.1) is 11.1 Å². The monoisotopic (exact) mass is 267 g/mol. The Hall–Kier alpha value is -2.44. The molecule has 0 radical (unpaired) electrons. The van der Waals surface area contributed by atoms with E-state index in [1.165, 1.54) is 30.9 Å². The predicted octanol–water partition coefficient (Wildman–Crippen LogP) is 2.26. The lowest BCUT2D eigenvalue weighted by atomic mass is 9.96. The van der Waals surface area contributed by atoms with Crippen LogP contribution >= 0.6 is 0 Å². The zero-order valence-electron chi connectivity index (χ0n) is 9.48. The molecule has 1 heterocycles. The largest absolute Gasteiger partial charge is 0.417 e. The number of aromatic nitrogens is 2. The van der Waals surface area contributed by atoms with Gasteiger partial charge in [-0.05, 0) is 11.6 Å². The fourth-order valence-electron chi connectivity index (χ4n) is 1.74. The van der Waals surface area contributed by atoms with Gasteiger partial charge in [-0.3, -0.25) is 4.79 Å². The van der Waals surface area contributed by atoms with Gasteiger partial charge in [0.1, 0.15) is 6.33 Å². The van der Waals surface area contributed by atoms with E-state index in [0.29, 0.717) is 0 Å². The summed E-state index contributed by atoms with van der Waals surface area (Å²) in [4.78, 5) is 18.5. The molecule has 19 heavy (non-hydrogen) atoms. The summed E-state index contributed by atoms with van der Waals surface area (Å²) in [6.07, 6.45) is -1.02. The van der Waals surface area contributed by atoms with E-state index in [2.05, 4.69) is 9.97 Å². The van der Waals surface area contributed by atoms with Crippen LogP contribution in [0.25, 0.3) is 11.1 Å². The van der Waals surface area contributed by atoms with Gasteiger partial charge in [0.15, 0.2) is 0 Å². The highest BCUT2D eigenvalue weighted by Gasteiger charge is 2.37. The molecule has 0 saturated heterocycles. The standard InChI is InChI=1S/C12H8F3N3O/c13-12(14,15)10-8(7-4-17-6-18-5-7)2-1-3-9(10)11(16)19/h1-6H,(H2,16,19). The molecule has 1 aromatic carbocycles. The third kappa shape index (κ3) is 2.54. The van der Waals surface area contributed by atoms with Crippen LogP contribution in [0.2, 0.25) is 0 Å². The highest BCUT2D eigenvalue weighted by atomic mass is 19.4. The van der Waals surface area contributed by atoms with Crippen LogP contribution in [0, 0.1) is 0 Å². The third-order valence-corrected chi connectivity index (χ3v) is 2.48. The molecule has 0 aliphatic carbocycles. The Balaban J connectivity index is 2.75. The summed E-state index contributed by atoms with van der Waals surface area (Å²) in [5.74, 6) is -1.13. The summed E-state index contributed by atoms with van der Waals surface area (Å²) >= 11 is 0. The van der Waals surface area contributed by atoms with Crippen molar-refractivity contribution in [2.45, 2.75) is 6.18 Å². The zero-order valence-corrected chi connectivity index (χ0v) is 9.48. The van der Waals surface area contributed by atoms with Crippen molar-refractivity contribution in [3.05, 3.63) is 48.0 Å². The van der Waals surface area contributed by atoms with Crippen LogP contribution in [0.1, 0.15) is 15.9 Å². The first kappa shape index (κ1) is 13.0. The molecule has 0 aliphatic rings. The summed E-state index contributed by atoms with van der Waals surface area (Å²) in [6, 6.07) is 3.62. The number of alkyl halides is 3. The fourth-order valence-corrected chi connectivity index (χ4v) is 1.74. The van der Waals surface area contributed by atoms with Crippen molar-refractivity contribution in [1.29, 1.82) is 0 Å². The van der Waals surface area contributed by atoms with Gasteiger partial charge in [-0.2, -0.15) is 13.2 Å². The molecule has 98 valence electrons. The Bertz CT molecular complexity index is 611. The van der Waals surface area contributed by atoms with Crippen LogP contribution < -0.4 is 5.73 Å². The van der Waals surface area contributed by atoms with Crippen molar-refractivity contribution < 1.29 is 18.0 Å². The number of nitrogens with two attached hydrogens (primary N) is 1.